The molecule has 0 radical (unpaired) electrons. The van der Waals surface area contributed by atoms with E-state index in [1.807, 2.05) is 42.9 Å². The SMILES string of the molecule is CNc1nc2[nH]c(-c3cccc(NCCO)n3)cc2c2c1ncn2C. The van der Waals surface area contributed by atoms with Gasteiger partial charge in [0.15, 0.2) is 5.82 Å². The molecule has 0 atom stereocenters. The van der Waals surface area contributed by atoms with Crippen molar-refractivity contribution in [2.45, 2.75) is 0 Å². The Morgan fingerprint density at radius 3 is 2.96 bits per heavy atom. The average Bonchev–Trinajstić information content (AvgIpc) is 3.23. The monoisotopic (exact) mass is 337 g/mol. The molecule has 8 nitrogen and oxygen atoms in total. The maximum absolute atomic E-state index is 8.95. The standard InChI is InChI=1S/C17H19N7O/c1-18-17-14-15(24(2)9-20-14)10-8-12(22-16(10)23-17)11-4-3-5-13(21-11)19-6-7-25/h3-5,8-9,25H,6-7H2,1-2H3,(H,19,21)(H2,18,22,23). The molecule has 0 aliphatic heterocycles. The molecule has 0 aromatic carbocycles. The molecule has 0 fully saturated rings. The summed E-state index contributed by atoms with van der Waals surface area (Å²) in [5.74, 6) is 1.46. The Hall–Kier alpha value is -3.13. The van der Waals surface area contributed by atoms with Gasteiger partial charge in [0.2, 0.25) is 0 Å². The van der Waals surface area contributed by atoms with Crippen molar-refractivity contribution < 1.29 is 5.11 Å². The van der Waals surface area contributed by atoms with E-state index in [4.69, 9.17) is 5.11 Å². The van der Waals surface area contributed by atoms with Gasteiger partial charge in [-0.3, -0.25) is 0 Å². The summed E-state index contributed by atoms with van der Waals surface area (Å²) in [5.41, 5.74) is 4.33. The maximum atomic E-state index is 8.95. The Balaban J connectivity index is 1.87. The van der Waals surface area contributed by atoms with E-state index in [2.05, 4.69) is 30.6 Å². The Labute approximate surface area is 143 Å². The lowest BCUT2D eigenvalue weighted by Crippen LogP contribution is -2.06. The molecule has 0 saturated carbocycles. The topological polar surface area (TPSA) is 104 Å². The van der Waals surface area contributed by atoms with E-state index in [0.717, 1.165) is 45.1 Å². The minimum Gasteiger partial charge on any atom is -0.395 e. The van der Waals surface area contributed by atoms with Crippen LogP contribution >= 0.6 is 0 Å². The number of imidazole rings is 1. The van der Waals surface area contributed by atoms with Gasteiger partial charge >= 0.3 is 0 Å². The largest absolute Gasteiger partial charge is 0.395 e. The number of nitrogens with zero attached hydrogens (tertiary/aromatic N) is 4. The van der Waals surface area contributed by atoms with Crippen molar-refractivity contribution in [2.75, 3.05) is 30.8 Å². The van der Waals surface area contributed by atoms with Crippen LogP contribution in [0, 0.1) is 0 Å². The van der Waals surface area contributed by atoms with Crippen molar-refractivity contribution in [3.05, 3.63) is 30.6 Å². The number of fused-ring (bicyclic) bond motifs is 3. The predicted octanol–water partition coefficient (Wildman–Crippen LogP) is 1.96. The number of H-pyrrole nitrogens is 1. The minimum absolute atomic E-state index is 0.0630. The summed E-state index contributed by atoms with van der Waals surface area (Å²) >= 11 is 0. The van der Waals surface area contributed by atoms with E-state index in [9.17, 15) is 0 Å². The molecule has 0 unspecified atom stereocenters. The Morgan fingerprint density at radius 2 is 2.16 bits per heavy atom. The van der Waals surface area contributed by atoms with Crippen LogP contribution in [0.4, 0.5) is 11.6 Å². The minimum atomic E-state index is 0.0630. The number of aryl methyl sites for hydroxylation is 1. The van der Waals surface area contributed by atoms with Gasteiger partial charge in [0.25, 0.3) is 0 Å². The van der Waals surface area contributed by atoms with Crippen LogP contribution < -0.4 is 10.6 Å². The zero-order valence-electron chi connectivity index (χ0n) is 14.0. The number of hydrogen-bond donors (Lipinski definition) is 4. The Kier molecular flexibility index (Phi) is 3.73. The third-order valence-corrected chi connectivity index (χ3v) is 4.12. The quantitative estimate of drug-likeness (QED) is 0.444. The summed E-state index contributed by atoms with van der Waals surface area (Å²) < 4.78 is 1.99. The normalized spacial score (nSPS) is 11.3. The van der Waals surface area contributed by atoms with Crippen molar-refractivity contribution >= 4 is 33.7 Å². The molecule has 4 aromatic rings. The first-order valence-electron chi connectivity index (χ1n) is 8.05. The van der Waals surface area contributed by atoms with Gasteiger partial charge in [-0.05, 0) is 18.2 Å². The van der Waals surface area contributed by atoms with Gasteiger partial charge in [0.05, 0.1) is 29.8 Å². The maximum Gasteiger partial charge on any atom is 0.156 e. The van der Waals surface area contributed by atoms with E-state index in [0.29, 0.717) is 6.54 Å². The number of aromatic nitrogens is 5. The first kappa shape index (κ1) is 15.4. The van der Waals surface area contributed by atoms with E-state index >= 15 is 0 Å². The smallest absolute Gasteiger partial charge is 0.156 e. The van der Waals surface area contributed by atoms with Crippen molar-refractivity contribution in [3.63, 3.8) is 0 Å². The molecular formula is C17H19N7O. The van der Waals surface area contributed by atoms with Crippen LogP contribution in [-0.2, 0) is 7.05 Å². The second-order valence-electron chi connectivity index (χ2n) is 5.77. The number of aliphatic hydroxyl groups excluding tert-OH is 1. The summed E-state index contributed by atoms with van der Waals surface area (Å²) in [6, 6.07) is 7.79. The molecule has 4 aromatic heterocycles. The molecular weight excluding hydrogens is 318 g/mol. The van der Waals surface area contributed by atoms with Crippen LogP contribution in [0.5, 0.6) is 0 Å². The van der Waals surface area contributed by atoms with Gasteiger partial charge in [-0.2, -0.15) is 0 Å². The third-order valence-electron chi connectivity index (χ3n) is 4.12. The van der Waals surface area contributed by atoms with Gasteiger partial charge < -0.3 is 25.3 Å². The summed E-state index contributed by atoms with van der Waals surface area (Å²) in [6.45, 7) is 0.527. The Morgan fingerprint density at radius 1 is 1.28 bits per heavy atom. The fraction of sp³-hybridized carbons (Fsp3) is 0.235. The molecule has 0 bridgehead atoms. The molecule has 0 aliphatic rings. The highest BCUT2D eigenvalue weighted by Gasteiger charge is 2.15. The Bertz CT molecular complexity index is 1050. The fourth-order valence-corrected chi connectivity index (χ4v) is 2.98. The average molecular weight is 337 g/mol. The summed E-state index contributed by atoms with van der Waals surface area (Å²) in [6.07, 6.45) is 1.79. The fourth-order valence-electron chi connectivity index (χ4n) is 2.98. The predicted molar refractivity (Wildman–Crippen MR) is 98.7 cm³/mol. The molecule has 0 aliphatic carbocycles. The first-order chi connectivity index (χ1) is 12.2. The molecule has 0 spiro atoms. The lowest BCUT2D eigenvalue weighted by atomic mass is 10.2. The van der Waals surface area contributed by atoms with Crippen molar-refractivity contribution in [2.24, 2.45) is 7.05 Å². The molecule has 8 heteroatoms. The van der Waals surface area contributed by atoms with Gasteiger partial charge in [0, 0.05) is 26.0 Å². The number of hydrogen-bond acceptors (Lipinski definition) is 6. The molecule has 0 amide bonds. The first-order valence-corrected chi connectivity index (χ1v) is 8.05. The van der Waals surface area contributed by atoms with E-state index in [1.165, 1.54) is 0 Å². The van der Waals surface area contributed by atoms with Gasteiger partial charge in [0.1, 0.15) is 17.0 Å². The number of nitrogens with one attached hydrogen (secondary N) is 3. The van der Waals surface area contributed by atoms with Gasteiger partial charge in [-0.15, -0.1) is 0 Å². The highest BCUT2D eigenvalue weighted by molar-refractivity contribution is 6.07. The molecule has 0 saturated heterocycles. The van der Waals surface area contributed by atoms with Crippen molar-refractivity contribution in [1.82, 2.24) is 24.5 Å². The zero-order chi connectivity index (χ0) is 17.4. The number of anilines is 2. The van der Waals surface area contributed by atoms with Crippen molar-refractivity contribution in [1.29, 1.82) is 0 Å². The number of aliphatic hydroxyl groups is 1. The van der Waals surface area contributed by atoms with Crippen LogP contribution in [0.15, 0.2) is 30.6 Å². The highest BCUT2D eigenvalue weighted by Crippen LogP contribution is 2.31. The number of aromatic amines is 1. The summed E-state index contributed by atoms with van der Waals surface area (Å²) in [7, 11) is 3.81. The van der Waals surface area contributed by atoms with E-state index in [-0.39, 0.29) is 6.61 Å². The van der Waals surface area contributed by atoms with Crippen LogP contribution in [0.1, 0.15) is 0 Å². The highest BCUT2D eigenvalue weighted by atomic mass is 16.3. The third kappa shape index (κ3) is 2.56. The van der Waals surface area contributed by atoms with Crippen LogP contribution in [0.2, 0.25) is 0 Å². The van der Waals surface area contributed by atoms with Crippen LogP contribution in [0.3, 0.4) is 0 Å². The van der Waals surface area contributed by atoms with Crippen molar-refractivity contribution in [3.8, 4) is 11.4 Å². The molecule has 4 heterocycles. The van der Waals surface area contributed by atoms with Crippen LogP contribution in [-0.4, -0.2) is 49.8 Å². The lowest BCUT2D eigenvalue weighted by molar-refractivity contribution is 0.311. The molecule has 4 N–H and O–H groups in total. The molecule has 128 valence electrons. The second kappa shape index (κ2) is 6.06. The van der Waals surface area contributed by atoms with Gasteiger partial charge in [-0.1, -0.05) is 6.07 Å². The van der Waals surface area contributed by atoms with E-state index < -0.39 is 0 Å². The summed E-state index contributed by atoms with van der Waals surface area (Å²) in [4.78, 5) is 17.0. The molecule has 4 rings (SSSR count). The second-order valence-corrected chi connectivity index (χ2v) is 5.77. The van der Waals surface area contributed by atoms with E-state index in [1.54, 1.807) is 6.33 Å². The summed E-state index contributed by atoms with van der Waals surface area (Å²) in [5, 5.41) is 16.1. The number of rotatable bonds is 5. The van der Waals surface area contributed by atoms with Crippen LogP contribution in [0.25, 0.3) is 33.5 Å². The number of pyridine rings is 2. The van der Waals surface area contributed by atoms with Gasteiger partial charge in [-0.25, -0.2) is 15.0 Å². The zero-order valence-corrected chi connectivity index (χ0v) is 14.0. The lowest BCUT2D eigenvalue weighted by Gasteiger charge is -2.04. The molecule has 25 heavy (non-hydrogen) atoms.